The van der Waals surface area contributed by atoms with Crippen molar-refractivity contribution in [3.63, 3.8) is 0 Å². The maximum Gasteiger partial charge on any atom is 0.216 e. The van der Waals surface area contributed by atoms with Crippen LogP contribution in [0.3, 0.4) is 0 Å². The molecule has 0 aromatic carbocycles. The van der Waals surface area contributed by atoms with Gasteiger partial charge in [0.25, 0.3) is 0 Å². The van der Waals surface area contributed by atoms with Crippen molar-refractivity contribution in [3.8, 4) is 0 Å². The average molecular weight is 295 g/mol. The molecular formula is C14H21N3O2S. The van der Waals surface area contributed by atoms with Crippen molar-refractivity contribution in [2.24, 2.45) is 0 Å². The highest BCUT2D eigenvalue weighted by molar-refractivity contribution is 7.90. The van der Waals surface area contributed by atoms with Gasteiger partial charge in [-0.1, -0.05) is 0 Å². The molecule has 1 aromatic heterocycles. The summed E-state index contributed by atoms with van der Waals surface area (Å²) in [5, 5.41) is -0.236. The van der Waals surface area contributed by atoms with Crippen LogP contribution in [-0.4, -0.2) is 49.2 Å². The Balaban J connectivity index is 1.49. The number of sulfonamides is 1. The number of nitrogens with zero attached hydrogens (tertiary/aromatic N) is 2. The Bertz CT molecular complexity index is 543. The number of likely N-dealkylation sites (tertiary alicyclic amines) is 1. The molecule has 1 aliphatic heterocycles. The first kappa shape index (κ1) is 14.0. The second-order valence-electron chi connectivity index (χ2n) is 5.75. The molecule has 1 aromatic rings. The minimum absolute atomic E-state index is 0.214. The van der Waals surface area contributed by atoms with Crippen LogP contribution in [0.15, 0.2) is 24.5 Å². The van der Waals surface area contributed by atoms with Gasteiger partial charge in [0.15, 0.2) is 0 Å². The first-order valence-corrected chi connectivity index (χ1v) is 8.80. The van der Waals surface area contributed by atoms with E-state index in [2.05, 4.69) is 14.6 Å². The molecular weight excluding hydrogens is 274 g/mol. The predicted molar refractivity (Wildman–Crippen MR) is 77.9 cm³/mol. The topological polar surface area (TPSA) is 62.3 Å². The van der Waals surface area contributed by atoms with Crippen LogP contribution in [-0.2, 0) is 16.4 Å². The summed E-state index contributed by atoms with van der Waals surface area (Å²) in [4.78, 5) is 6.25. The Morgan fingerprint density at radius 2 is 2.00 bits per heavy atom. The summed E-state index contributed by atoms with van der Waals surface area (Å²) in [6.45, 7) is 2.45. The van der Waals surface area contributed by atoms with E-state index in [0.717, 1.165) is 38.8 Å². The molecule has 3 rings (SSSR count). The number of pyridine rings is 1. The molecule has 1 aliphatic carbocycles. The second kappa shape index (κ2) is 5.79. The van der Waals surface area contributed by atoms with Gasteiger partial charge in [0.1, 0.15) is 0 Å². The fourth-order valence-electron chi connectivity index (χ4n) is 2.62. The van der Waals surface area contributed by atoms with Crippen LogP contribution in [0, 0.1) is 0 Å². The summed E-state index contributed by atoms with van der Waals surface area (Å²) >= 11 is 0. The smallest absolute Gasteiger partial charge is 0.216 e. The molecule has 110 valence electrons. The fraction of sp³-hybridized carbons (Fsp3) is 0.643. The van der Waals surface area contributed by atoms with Crippen LogP contribution in [0.2, 0.25) is 0 Å². The molecule has 5 nitrogen and oxygen atoms in total. The Morgan fingerprint density at radius 1 is 1.25 bits per heavy atom. The lowest BCUT2D eigenvalue weighted by Crippen LogP contribution is -2.37. The van der Waals surface area contributed by atoms with Gasteiger partial charge in [-0.05, 0) is 49.9 Å². The Hall–Kier alpha value is -0.980. The van der Waals surface area contributed by atoms with Crippen molar-refractivity contribution in [2.75, 3.05) is 19.6 Å². The van der Waals surface area contributed by atoms with E-state index in [-0.39, 0.29) is 11.3 Å². The van der Waals surface area contributed by atoms with E-state index in [1.807, 2.05) is 12.1 Å². The lowest BCUT2D eigenvalue weighted by Gasteiger charge is -2.16. The van der Waals surface area contributed by atoms with Gasteiger partial charge in [0.05, 0.1) is 5.25 Å². The van der Waals surface area contributed by atoms with Crippen molar-refractivity contribution >= 4 is 10.0 Å². The van der Waals surface area contributed by atoms with Crippen molar-refractivity contribution in [3.05, 3.63) is 30.1 Å². The number of aromatic nitrogens is 1. The SMILES string of the molecule is O=S(=O)(NC1CC1)[C@H]1CCN(CCc2ccncc2)C1. The van der Waals surface area contributed by atoms with E-state index in [9.17, 15) is 8.42 Å². The molecule has 1 saturated carbocycles. The van der Waals surface area contributed by atoms with E-state index in [0.29, 0.717) is 6.54 Å². The Kier molecular flexibility index (Phi) is 4.05. The zero-order valence-corrected chi connectivity index (χ0v) is 12.3. The highest BCUT2D eigenvalue weighted by Gasteiger charge is 2.36. The summed E-state index contributed by atoms with van der Waals surface area (Å²) in [5.74, 6) is 0. The average Bonchev–Trinajstić information content (AvgIpc) is 3.10. The third kappa shape index (κ3) is 3.56. The van der Waals surface area contributed by atoms with Gasteiger partial charge in [-0.2, -0.15) is 0 Å². The summed E-state index contributed by atoms with van der Waals surface area (Å²) in [6, 6.07) is 4.24. The third-order valence-electron chi connectivity index (χ3n) is 4.04. The van der Waals surface area contributed by atoms with Crippen molar-refractivity contribution in [2.45, 2.75) is 37.0 Å². The Morgan fingerprint density at radius 3 is 2.70 bits per heavy atom. The third-order valence-corrected chi connectivity index (χ3v) is 5.97. The maximum absolute atomic E-state index is 12.2. The molecule has 1 saturated heterocycles. The molecule has 0 bridgehead atoms. The zero-order chi connectivity index (χ0) is 14.0. The summed E-state index contributed by atoms with van der Waals surface area (Å²) in [7, 11) is -3.11. The van der Waals surface area contributed by atoms with Crippen LogP contribution in [0.5, 0.6) is 0 Å². The quantitative estimate of drug-likeness (QED) is 0.842. The molecule has 20 heavy (non-hydrogen) atoms. The van der Waals surface area contributed by atoms with E-state index in [4.69, 9.17) is 0 Å². The van der Waals surface area contributed by atoms with Crippen molar-refractivity contribution < 1.29 is 8.42 Å². The minimum atomic E-state index is -3.11. The summed E-state index contributed by atoms with van der Waals surface area (Å²) < 4.78 is 27.1. The molecule has 2 fully saturated rings. The van der Waals surface area contributed by atoms with Crippen molar-refractivity contribution in [1.82, 2.24) is 14.6 Å². The molecule has 0 radical (unpaired) electrons. The molecule has 1 atom stereocenters. The van der Waals surface area contributed by atoms with Crippen molar-refractivity contribution in [1.29, 1.82) is 0 Å². The molecule has 6 heteroatoms. The van der Waals surface area contributed by atoms with E-state index in [1.54, 1.807) is 12.4 Å². The van der Waals surface area contributed by atoms with E-state index in [1.165, 1.54) is 5.56 Å². The van der Waals surface area contributed by atoms with Crippen LogP contribution in [0.4, 0.5) is 0 Å². The van der Waals surface area contributed by atoms with Crippen LogP contribution in [0.1, 0.15) is 24.8 Å². The monoisotopic (exact) mass is 295 g/mol. The predicted octanol–water partition coefficient (Wildman–Crippen LogP) is 0.780. The molecule has 2 aliphatic rings. The van der Waals surface area contributed by atoms with Gasteiger partial charge in [0, 0.05) is 31.5 Å². The molecule has 2 heterocycles. The zero-order valence-electron chi connectivity index (χ0n) is 11.5. The summed E-state index contributed by atoms with van der Waals surface area (Å²) in [6.07, 6.45) is 7.29. The number of hydrogen-bond acceptors (Lipinski definition) is 4. The Labute approximate surface area is 120 Å². The fourth-order valence-corrected chi connectivity index (χ4v) is 4.34. The van der Waals surface area contributed by atoms with Gasteiger partial charge < -0.3 is 4.90 Å². The normalized spacial score (nSPS) is 24.1. The molecule has 0 unspecified atom stereocenters. The summed E-state index contributed by atoms with van der Waals surface area (Å²) in [5.41, 5.74) is 1.25. The van der Waals surface area contributed by atoms with Gasteiger partial charge in [-0.15, -0.1) is 0 Å². The largest absolute Gasteiger partial charge is 0.302 e. The molecule has 0 spiro atoms. The number of rotatable bonds is 6. The standard InChI is InChI=1S/C14H21N3O2S/c18-20(19,16-13-1-2-13)14-6-10-17(11-14)9-5-12-3-7-15-8-4-12/h3-4,7-8,13-14,16H,1-2,5-6,9-11H2/t14-/m0/s1. The lowest BCUT2D eigenvalue weighted by molar-refractivity contribution is 0.343. The highest BCUT2D eigenvalue weighted by Crippen LogP contribution is 2.23. The molecule has 1 N–H and O–H groups in total. The van der Waals surface area contributed by atoms with Gasteiger partial charge in [-0.25, -0.2) is 13.1 Å². The van der Waals surface area contributed by atoms with E-state index >= 15 is 0 Å². The van der Waals surface area contributed by atoms with Crippen LogP contribution < -0.4 is 4.72 Å². The highest BCUT2D eigenvalue weighted by atomic mass is 32.2. The van der Waals surface area contributed by atoms with Crippen LogP contribution in [0.25, 0.3) is 0 Å². The minimum Gasteiger partial charge on any atom is -0.302 e. The van der Waals surface area contributed by atoms with E-state index < -0.39 is 10.0 Å². The first-order chi connectivity index (χ1) is 9.63. The van der Waals surface area contributed by atoms with Gasteiger partial charge >= 0.3 is 0 Å². The lowest BCUT2D eigenvalue weighted by atomic mass is 10.2. The first-order valence-electron chi connectivity index (χ1n) is 7.26. The van der Waals surface area contributed by atoms with Crippen LogP contribution >= 0.6 is 0 Å². The number of nitrogens with one attached hydrogen (secondary N) is 1. The molecule has 0 amide bonds. The maximum atomic E-state index is 12.2. The van der Waals surface area contributed by atoms with Gasteiger partial charge in [0.2, 0.25) is 10.0 Å². The van der Waals surface area contributed by atoms with Gasteiger partial charge in [-0.3, -0.25) is 4.98 Å². The second-order valence-corrected chi connectivity index (χ2v) is 7.75. The number of hydrogen-bond donors (Lipinski definition) is 1.